The summed E-state index contributed by atoms with van der Waals surface area (Å²) in [5, 5.41) is 9.03. The van der Waals surface area contributed by atoms with Gasteiger partial charge < -0.3 is 19.5 Å². The third-order valence-corrected chi connectivity index (χ3v) is 6.82. The fourth-order valence-electron chi connectivity index (χ4n) is 4.54. The van der Waals surface area contributed by atoms with E-state index in [1.807, 2.05) is 0 Å². The van der Waals surface area contributed by atoms with Gasteiger partial charge >= 0.3 is 11.9 Å². The van der Waals surface area contributed by atoms with Crippen molar-refractivity contribution in [3.8, 4) is 5.75 Å². The molecule has 0 radical (unpaired) electrons. The summed E-state index contributed by atoms with van der Waals surface area (Å²) in [6, 6.07) is 6.15. The highest BCUT2D eigenvalue weighted by molar-refractivity contribution is 6.43. The monoisotopic (exact) mass is 561 g/mol. The molecule has 0 unspecified atom stereocenters. The molecule has 40 heavy (non-hydrogen) atoms. The number of aliphatic carboxylic acids is 1. The van der Waals surface area contributed by atoms with Crippen molar-refractivity contribution in [3.63, 3.8) is 0 Å². The first kappa shape index (κ1) is 35.1. The minimum Gasteiger partial charge on any atom is -0.494 e. The second kappa shape index (κ2) is 22.9. The van der Waals surface area contributed by atoms with E-state index in [-0.39, 0.29) is 12.2 Å². The van der Waals surface area contributed by atoms with E-state index >= 15 is 0 Å². The van der Waals surface area contributed by atoms with Gasteiger partial charge in [0, 0.05) is 5.56 Å². The summed E-state index contributed by atoms with van der Waals surface area (Å²) in [4.78, 5) is 48.5. The molecule has 0 aromatic heterocycles. The number of benzene rings is 1. The molecular weight excluding hydrogens is 510 g/mol. The average Bonchev–Trinajstić information content (AvgIpc) is 2.93. The van der Waals surface area contributed by atoms with E-state index in [4.69, 9.17) is 14.6 Å². The smallest absolute Gasteiger partial charge is 0.325 e. The normalized spacial score (nSPS) is 10.8. The third kappa shape index (κ3) is 16.9. The molecule has 1 N–H and O–H groups in total. The molecule has 0 saturated carbocycles. The first-order valence-electron chi connectivity index (χ1n) is 15.3. The standard InChI is InChI=1S/C32H51NO7/c1-3-5-6-7-8-9-10-11-12-13-14-15-16-17-18-19-24-40-28-22-20-27(21-23-28)31(37)32(38)33(25-29(34)35)26-30(36)39-4-2/h20-23H,3-19,24-26H2,1-2H3,(H,34,35). The number of carboxylic acid groups (broad SMARTS) is 1. The zero-order chi connectivity index (χ0) is 29.4. The lowest BCUT2D eigenvalue weighted by atomic mass is 10.0. The summed E-state index contributed by atoms with van der Waals surface area (Å²) in [5.74, 6) is -3.47. The molecule has 0 bridgehead atoms. The second-order valence-corrected chi connectivity index (χ2v) is 10.4. The van der Waals surface area contributed by atoms with E-state index in [1.165, 1.54) is 102 Å². The number of rotatable bonds is 25. The summed E-state index contributed by atoms with van der Waals surface area (Å²) in [6.07, 6.45) is 21.0. The Labute approximate surface area is 240 Å². The van der Waals surface area contributed by atoms with Crippen LogP contribution in [-0.4, -0.2) is 59.9 Å². The molecule has 226 valence electrons. The lowest BCUT2D eigenvalue weighted by Gasteiger charge is -2.18. The van der Waals surface area contributed by atoms with Gasteiger partial charge in [-0.2, -0.15) is 0 Å². The zero-order valence-corrected chi connectivity index (χ0v) is 24.8. The number of esters is 1. The number of unbranched alkanes of at least 4 members (excludes halogenated alkanes) is 15. The molecular formula is C32H51NO7. The van der Waals surface area contributed by atoms with Crippen LogP contribution in [0.2, 0.25) is 0 Å². The van der Waals surface area contributed by atoms with Crippen molar-refractivity contribution in [1.29, 1.82) is 0 Å². The maximum Gasteiger partial charge on any atom is 0.325 e. The van der Waals surface area contributed by atoms with E-state index < -0.39 is 36.7 Å². The molecule has 8 heteroatoms. The maximum absolute atomic E-state index is 12.6. The number of ketones is 1. The van der Waals surface area contributed by atoms with Crippen LogP contribution >= 0.6 is 0 Å². The van der Waals surface area contributed by atoms with Gasteiger partial charge in [0.25, 0.3) is 5.91 Å². The number of Topliss-reactive ketones (excluding diaryl/α,β-unsaturated/α-hetero) is 1. The Bertz CT molecular complexity index is 853. The lowest BCUT2D eigenvalue weighted by Crippen LogP contribution is -2.43. The molecule has 0 heterocycles. The van der Waals surface area contributed by atoms with Crippen LogP contribution in [0, 0.1) is 0 Å². The number of hydrogen-bond acceptors (Lipinski definition) is 6. The lowest BCUT2D eigenvalue weighted by molar-refractivity contribution is -0.150. The fourth-order valence-corrected chi connectivity index (χ4v) is 4.54. The predicted octanol–water partition coefficient (Wildman–Crippen LogP) is 6.99. The van der Waals surface area contributed by atoms with Crippen LogP contribution in [0.4, 0.5) is 0 Å². The van der Waals surface area contributed by atoms with Gasteiger partial charge in [-0.1, -0.05) is 103 Å². The van der Waals surface area contributed by atoms with Crippen molar-refractivity contribution in [1.82, 2.24) is 4.90 Å². The first-order valence-corrected chi connectivity index (χ1v) is 15.3. The van der Waals surface area contributed by atoms with Crippen molar-refractivity contribution in [2.75, 3.05) is 26.3 Å². The van der Waals surface area contributed by atoms with Gasteiger partial charge in [-0.05, 0) is 37.6 Å². The molecule has 1 aromatic rings. The van der Waals surface area contributed by atoms with Crippen molar-refractivity contribution in [3.05, 3.63) is 29.8 Å². The summed E-state index contributed by atoms with van der Waals surface area (Å²) < 4.78 is 10.5. The van der Waals surface area contributed by atoms with Gasteiger partial charge in [0.2, 0.25) is 5.78 Å². The van der Waals surface area contributed by atoms with E-state index in [2.05, 4.69) is 6.92 Å². The van der Waals surface area contributed by atoms with Gasteiger partial charge in [-0.3, -0.25) is 19.2 Å². The molecule has 0 spiro atoms. The van der Waals surface area contributed by atoms with Crippen molar-refractivity contribution in [2.24, 2.45) is 0 Å². The fraction of sp³-hybridized carbons (Fsp3) is 0.688. The van der Waals surface area contributed by atoms with Crippen LogP contribution in [0.3, 0.4) is 0 Å². The topological polar surface area (TPSA) is 110 Å². The Morgan fingerprint density at radius 1 is 0.675 bits per heavy atom. The summed E-state index contributed by atoms with van der Waals surface area (Å²) >= 11 is 0. The van der Waals surface area contributed by atoms with Crippen molar-refractivity contribution in [2.45, 2.75) is 117 Å². The molecule has 0 aliphatic carbocycles. The van der Waals surface area contributed by atoms with Gasteiger partial charge in [0.15, 0.2) is 0 Å². The number of carboxylic acids is 1. The van der Waals surface area contributed by atoms with Crippen LogP contribution in [0.25, 0.3) is 0 Å². The summed E-state index contributed by atoms with van der Waals surface area (Å²) in [6.45, 7) is 3.14. The van der Waals surface area contributed by atoms with E-state index in [1.54, 1.807) is 19.1 Å². The summed E-state index contributed by atoms with van der Waals surface area (Å²) in [7, 11) is 0. The predicted molar refractivity (Wildman–Crippen MR) is 157 cm³/mol. The van der Waals surface area contributed by atoms with Crippen molar-refractivity contribution >= 4 is 23.6 Å². The van der Waals surface area contributed by atoms with E-state index in [0.29, 0.717) is 17.3 Å². The highest BCUT2D eigenvalue weighted by Crippen LogP contribution is 2.16. The largest absolute Gasteiger partial charge is 0.494 e. The molecule has 0 aliphatic rings. The van der Waals surface area contributed by atoms with E-state index in [9.17, 15) is 19.2 Å². The Balaban J connectivity index is 2.17. The SMILES string of the molecule is CCCCCCCCCCCCCCCCCCOc1ccc(C(=O)C(=O)N(CC(=O)O)CC(=O)OCC)cc1. The molecule has 0 atom stereocenters. The Morgan fingerprint density at radius 3 is 1.60 bits per heavy atom. The zero-order valence-electron chi connectivity index (χ0n) is 24.8. The van der Waals surface area contributed by atoms with Crippen LogP contribution in [0.1, 0.15) is 127 Å². The van der Waals surface area contributed by atoms with E-state index in [0.717, 1.165) is 12.8 Å². The highest BCUT2D eigenvalue weighted by atomic mass is 16.5. The van der Waals surface area contributed by atoms with Crippen molar-refractivity contribution < 1.29 is 33.8 Å². The molecule has 0 saturated heterocycles. The van der Waals surface area contributed by atoms with Crippen LogP contribution < -0.4 is 4.74 Å². The minimum atomic E-state index is -1.33. The molecule has 1 amide bonds. The second-order valence-electron chi connectivity index (χ2n) is 10.4. The molecule has 0 aliphatic heterocycles. The Hall–Kier alpha value is -2.90. The molecule has 8 nitrogen and oxygen atoms in total. The number of carbonyl (C=O) groups excluding carboxylic acids is 3. The van der Waals surface area contributed by atoms with Gasteiger partial charge in [0.05, 0.1) is 13.2 Å². The maximum atomic E-state index is 12.6. The van der Waals surface area contributed by atoms with Crippen LogP contribution in [-0.2, 0) is 19.1 Å². The number of ether oxygens (including phenoxy) is 2. The third-order valence-electron chi connectivity index (χ3n) is 6.82. The number of amides is 1. The molecule has 0 fully saturated rings. The molecule has 1 aromatic carbocycles. The summed E-state index contributed by atoms with van der Waals surface area (Å²) in [5.41, 5.74) is 0.0963. The average molecular weight is 562 g/mol. The number of nitrogens with zero attached hydrogens (tertiary/aromatic N) is 1. The minimum absolute atomic E-state index is 0.0861. The number of carbonyl (C=O) groups is 4. The van der Waals surface area contributed by atoms with Gasteiger partial charge in [-0.25, -0.2) is 0 Å². The van der Waals surface area contributed by atoms with Crippen LogP contribution in [0.15, 0.2) is 24.3 Å². The highest BCUT2D eigenvalue weighted by Gasteiger charge is 2.27. The Kier molecular flexibility index (Phi) is 20.1. The molecule has 1 rings (SSSR count). The van der Waals surface area contributed by atoms with Gasteiger partial charge in [-0.15, -0.1) is 0 Å². The number of hydrogen-bond donors (Lipinski definition) is 1. The Morgan fingerprint density at radius 2 is 1.15 bits per heavy atom. The first-order chi connectivity index (χ1) is 19.4. The van der Waals surface area contributed by atoms with Crippen LogP contribution in [0.5, 0.6) is 5.75 Å². The van der Waals surface area contributed by atoms with Gasteiger partial charge in [0.1, 0.15) is 18.8 Å². The quantitative estimate of drug-likeness (QED) is 0.0593.